The van der Waals surface area contributed by atoms with Gasteiger partial charge in [0.15, 0.2) is 11.0 Å². The molecule has 0 saturated heterocycles. The summed E-state index contributed by atoms with van der Waals surface area (Å²) >= 11 is 4.87. The van der Waals surface area contributed by atoms with Crippen LogP contribution < -0.4 is 10.1 Å². The van der Waals surface area contributed by atoms with Crippen molar-refractivity contribution in [1.82, 2.24) is 14.8 Å². The Balaban J connectivity index is 1.67. The van der Waals surface area contributed by atoms with Gasteiger partial charge in [-0.05, 0) is 60.7 Å². The van der Waals surface area contributed by atoms with Crippen molar-refractivity contribution >= 4 is 39.3 Å². The molecule has 1 aromatic heterocycles. The number of nitrogens with one attached hydrogen (secondary N) is 1. The Bertz CT molecular complexity index is 1140. The van der Waals surface area contributed by atoms with Crippen LogP contribution in [0, 0.1) is 13.8 Å². The van der Waals surface area contributed by atoms with E-state index in [0.29, 0.717) is 23.4 Å². The number of aryl methyl sites for hydroxylation is 1. The lowest BCUT2D eigenvalue weighted by atomic mass is 10.0. The van der Waals surface area contributed by atoms with E-state index < -0.39 is 0 Å². The number of halogens is 1. The summed E-state index contributed by atoms with van der Waals surface area (Å²) in [6.45, 7) is 12.9. The molecule has 0 spiro atoms. The molecule has 1 N–H and O–H groups in total. The number of benzene rings is 2. The molecular formula is C25H29BrN4O2S. The molecule has 0 atom stereocenters. The highest BCUT2D eigenvalue weighted by Crippen LogP contribution is 2.30. The Morgan fingerprint density at radius 2 is 2.06 bits per heavy atom. The Labute approximate surface area is 208 Å². The number of amides is 1. The van der Waals surface area contributed by atoms with Crippen LogP contribution in [0.5, 0.6) is 5.75 Å². The van der Waals surface area contributed by atoms with Crippen molar-refractivity contribution in [3.05, 3.63) is 76.0 Å². The van der Waals surface area contributed by atoms with Crippen molar-refractivity contribution in [2.75, 3.05) is 11.1 Å². The van der Waals surface area contributed by atoms with E-state index in [1.54, 1.807) is 6.08 Å². The number of thioether (sulfide) groups is 1. The van der Waals surface area contributed by atoms with Gasteiger partial charge < -0.3 is 10.1 Å². The number of rotatable bonds is 10. The van der Waals surface area contributed by atoms with Crippen LogP contribution in [0.1, 0.15) is 42.3 Å². The maximum atomic E-state index is 12.5. The van der Waals surface area contributed by atoms with Gasteiger partial charge in [0.25, 0.3) is 0 Å². The van der Waals surface area contributed by atoms with E-state index in [1.165, 1.54) is 11.8 Å². The topological polar surface area (TPSA) is 69.0 Å². The highest BCUT2D eigenvalue weighted by Gasteiger charge is 2.16. The summed E-state index contributed by atoms with van der Waals surface area (Å²) in [5, 5.41) is 12.2. The van der Waals surface area contributed by atoms with Crippen LogP contribution in [0.15, 0.2) is 58.7 Å². The third kappa shape index (κ3) is 6.48. The molecule has 1 heterocycles. The molecule has 0 fully saturated rings. The lowest BCUT2D eigenvalue weighted by Crippen LogP contribution is -2.16. The summed E-state index contributed by atoms with van der Waals surface area (Å²) in [6, 6.07) is 11.9. The summed E-state index contributed by atoms with van der Waals surface area (Å²) in [7, 11) is 0. The minimum Gasteiger partial charge on any atom is -0.485 e. The molecule has 3 rings (SSSR count). The number of hydrogen-bond donors (Lipinski definition) is 1. The van der Waals surface area contributed by atoms with Crippen molar-refractivity contribution < 1.29 is 9.53 Å². The van der Waals surface area contributed by atoms with Gasteiger partial charge in [-0.3, -0.25) is 9.36 Å². The van der Waals surface area contributed by atoms with Crippen LogP contribution in [0.4, 0.5) is 5.69 Å². The third-order valence-electron chi connectivity index (χ3n) is 5.27. The molecule has 8 heteroatoms. The summed E-state index contributed by atoms with van der Waals surface area (Å²) in [5.41, 5.74) is 4.16. The SMILES string of the molecule is C=CCn1c(COc2ccc(Br)cc2C(C)C)nnc1SCC(=O)Nc1cccc(C)c1C. The summed E-state index contributed by atoms with van der Waals surface area (Å²) in [5.74, 6) is 1.98. The molecule has 0 saturated carbocycles. The van der Waals surface area contributed by atoms with E-state index in [9.17, 15) is 4.79 Å². The molecule has 0 aliphatic rings. The molecule has 0 bridgehead atoms. The summed E-state index contributed by atoms with van der Waals surface area (Å²) in [6.07, 6.45) is 1.78. The number of nitrogens with zero attached hydrogens (tertiary/aromatic N) is 3. The highest BCUT2D eigenvalue weighted by molar-refractivity contribution is 9.10. The van der Waals surface area contributed by atoms with Gasteiger partial charge in [0.1, 0.15) is 12.4 Å². The minimum atomic E-state index is -0.0870. The van der Waals surface area contributed by atoms with Crippen molar-refractivity contribution in [3.8, 4) is 5.75 Å². The van der Waals surface area contributed by atoms with Crippen LogP contribution in [0.2, 0.25) is 0 Å². The van der Waals surface area contributed by atoms with E-state index in [0.717, 1.165) is 32.6 Å². The molecular weight excluding hydrogens is 500 g/mol. The molecule has 3 aromatic rings. The fourth-order valence-corrected chi connectivity index (χ4v) is 4.44. The quantitative estimate of drug-likeness (QED) is 0.247. The average Bonchev–Trinajstić information content (AvgIpc) is 3.16. The maximum Gasteiger partial charge on any atom is 0.234 e. The Hall–Kier alpha value is -2.58. The molecule has 0 aliphatic carbocycles. The van der Waals surface area contributed by atoms with Gasteiger partial charge >= 0.3 is 0 Å². The Kier molecular flexibility index (Phi) is 8.74. The number of ether oxygens (including phenoxy) is 1. The zero-order valence-corrected chi connectivity index (χ0v) is 21.8. The molecule has 33 heavy (non-hydrogen) atoms. The van der Waals surface area contributed by atoms with Gasteiger partial charge in [0.2, 0.25) is 5.91 Å². The first kappa shape index (κ1) is 25.1. The summed E-state index contributed by atoms with van der Waals surface area (Å²) < 4.78 is 9.05. The minimum absolute atomic E-state index is 0.0870. The first-order chi connectivity index (χ1) is 15.8. The van der Waals surface area contributed by atoms with Crippen LogP contribution in [-0.4, -0.2) is 26.4 Å². The van der Waals surface area contributed by atoms with E-state index in [1.807, 2.05) is 48.7 Å². The lowest BCUT2D eigenvalue weighted by Gasteiger charge is -2.15. The Morgan fingerprint density at radius 1 is 1.27 bits per heavy atom. The second kappa shape index (κ2) is 11.5. The smallest absolute Gasteiger partial charge is 0.234 e. The Morgan fingerprint density at radius 3 is 2.79 bits per heavy atom. The number of carbonyl (C=O) groups is 1. The molecule has 0 aliphatic heterocycles. The zero-order valence-electron chi connectivity index (χ0n) is 19.4. The second-order valence-corrected chi connectivity index (χ2v) is 9.87. The van der Waals surface area contributed by atoms with Gasteiger partial charge in [-0.25, -0.2) is 0 Å². The highest BCUT2D eigenvalue weighted by atomic mass is 79.9. The first-order valence-corrected chi connectivity index (χ1v) is 12.5. The number of allylic oxidation sites excluding steroid dienone is 1. The van der Waals surface area contributed by atoms with Crippen molar-refractivity contribution in [2.45, 2.75) is 51.9 Å². The van der Waals surface area contributed by atoms with E-state index >= 15 is 0 Å². The van der Waals surface area contributed by atoms with Gasteiger partial charge in [0.05, 0.1) is 5.75 Å². The third-order valence-corrected chi connectivity index (χ3v) is 6.73. The predicted molar refractivity (Wildman–Crippen MR) is 138 cm³/mol. The second-order valence-electron chi connectivity index (χ2n) is 8.01. The lowest BCUT2D eigenvalue weighted by molar-refractivity contribution is -0.113. The molecule has 174 valence electrons. The van der Waals surface area contributed by atoms with Crippen LogP contribution >= 0.6 is 27.7 Å². The number of hydrogen-bond acceptors (Lipinski definition) is 5. The first-order valence-electron chi connectivity index (χ1n) is 10.7. The standard InChI is InChI=1S/C25H29BrN4O2S/c1-6-12-30-23(14-32-22-11-10-19(26)13-20(22)16(2)3)28-29-25(30)33-15-24(31)27-21-9-7-8-17(4)18(21)5/h6-11,13,16H,1,12,14-15H2,2-5H3,(H,27,31). The molecule has 6 nitrogen and oxygen atoms in total. The van der Waals surface area contributed by atoms with Crippen molar-refractivity contribution in [2.24, 2.45) is 0 Å². The number of carbonyl (C=O) groups excluding carboxylic acids is 1. The van der Waals surface area contributed by atoms with Crippen LogP contribution in [-0.2, 0) is 17.9 Å². The molecule has 2 aromatic carbocycles. The molecule has 0 unspecified atom stereocenters. The van der Waals surface area contributed by atoms with E-state index in [2.05, 4.69) is 57.9 Å². The van der Waals surface area contributed by atoms with Crippen molar-refractivity contribution in [1.29, 1.82) is 0 Å². The van der Waals surface area contributed by atoms with Gasteiger partial charge in [-0.15, -0.1) is 16.8 Å². The van der Waals surface area contributed by atoms with Crippen molar-refractivity contribution in [3.63, 3.8) is 0 Å². The largest absolute Gasteiger partial charge is 0.485 e. The van der Waals surface area contributed by atoms with E-state index in [-0.39, 0.29) is 18.3 Å². The predicted octanol–water partition coefficient (Wildman–Crippen LogP) is 6.28. The zero-order chi connectivity index (χ0) is 24.0. The fourth-order valence-electron chi connectivity index (χ4n) is 3.29. The molecule has 0 radical (unpaired) electrons. The molecule has 1 amide bonds. The van der Waals surface area contributed by atoms with Crippen LogP contribution in [0.25, 0.3) is 0 Å². The van der Waals surface area contributed by atoms with Gasteiger partial charge in [-0.2, -0.15) is 0 Å². The maximum absolute atomic E-state index is 12.5. The fraction of sp³-hybridized carbons (Fsp3) is 0.320. The van der Waals surface area contributed by atoms with Gasteiger partial charge in [-0.1, -0.05) is 59.7 Å². The average molecular weight is 530 g/mol. The number of aromatic nitrogens is 3. The monoisotopic (exact) mass is 528 g/mol. The van der Waals surface area contributed by atoms with E-state index in [4.69, 9.17) is 4.74 Å². The van der Waals surface area contributed by atoms with Crippen LogP contribution in [0.3, 0.4) is 0 Å². The normalized spacial score (nSPS) is 11.0. The number of anilines is 1. The summed E-state index contributed by atoms with van der Waals surface area (Å²) in [4.78, 5) is 12.5. The van der Waals surface area contributed by atoms with Gasteiger partial charge in [0, 0.05) is 16.7 Å².